The quantitative estimate of drug-likeness (QED) is 0.781. The molecule has 0 unspecified atom stereocenters. The van der Waals surface area contributed by atoms with E-state index >= 15 is 0 Å². The average molecular weight is 313 g/mol. The summed E-state index contributed by atoms with van der Waals surface area (Å²) < 4.78 is 28.5. The van der Waals surface area contributed by atoms with Gasteiger partial charge in [-0.05, 0) is 17.7 Å². The van der Waals surface area contributed by atoms with Gasteiger partial charge in [-0.3, -0.25) is 0 Å². The minimum atomic E-state index is -3.28. The van der Waals surface area contributed by atoms with Crippen LogP contribution in [0.1, 0.15) is 5.56 Å². The lowest BCUT2D eigenvalue weighted by Gasteiger charge is -2.07. The van der Waals surface area contributed by atoms with E-state index in [9.17, 15) is 8.42 Å². The monoisotopic (exact) mass is 312 g/mol. The number of hydrogen-bond donors (Lipinski definition) is 1. The minimum absolute atomic E-state index is 0.0636. The Morgan fingerprint density at radius 1 is 1.22 bits per heavy atom. The molecule has 18 heavy (non-hydrogen) atoms. The number of benzene rings is 1. The molecule has 1 rings (SSSR count). The Bertz CT molecular complexity index is 488. The topological polar surface area (TPSA) is 63.6 Å². The van der Waals surface area contributed by atoms with Crippen molar-refractivity contribution in [3.8, 4) is 0 Å². The molecule has 0 aliphatic heterocycles. The summed E-state index contributed by atoms with van der Waals surface area (Å²) in [5, 5.41) is 9.29. The third-order valence-corrected chi connectivity index (χ3v) is 4.29. The molecule has 4 nitrogen and oxygen atoms in total. The van der Waals surface area contributed by atoms with Crippen LogP contribution in [0.2, 0.25) is 10.0 Å². The molecule has 1 N–H and O–H groups in total. The van der Waals surface area contributed by atoms with Gasteiger partial charge in [-0.15, -0.1) is 0 Å². The van der Waals surface area contributed by atoms with Crippen LogP contribution in [0, 0.1) is 0 Å². The number of ether oxygens (including phenoxy) is 1. The molecule has 1 aromatic rings. The minimum Gasteiger partial charge on any atom is -0.394 e. The van der Waals surface area contributed by atoms with Crippen LogP contribution >= 0.6 is 23.2 Å². The molecule has 0 aromatic heterocycles. The molecular weight excluding hydrogens is 299 g/mol. The third kappa shape index (κ3) is 5.54. The number of hydrogen-bond acceptors (Lipinski definition) is 4. The van der Waals surface area contributed by atoms with E-state index in [4.69, 9.17) is 33.0 Å². The molecule has 0 bridgehead atoms. The summed E-state index contributed by atoms with van der Waals surface area (Å²) in [4.78, 5) is 0. The summed E-state index contributed by atoms with van der Waals surface area (Å²) in [5.41, 5.74) is 0.517. The molecule has 102 valence electrons. The van der Waals surface area contributed by atoms with Crippen molar-refractivity contribution in [3.63, 3.8) is 0 Å². The maximum absolute atomic E-state index is 11.8. The van der Waals surface area contributed by atoms with Crippen LogP contribution in [0.3, 0.4) is 0 Å². The summed E-state index contributed by atoms with van der Waals surface area (Å²) >= 11 is 11.6. The van der Waals surface area contributed by atoms with E-state index in [2.05, 4.69) is 0 Å². The lowest BCUT2D eigenvalue weighted by atomic mass is 10.2. The third-order valence-electron chi connectivity index (χ3n) is 2.16. The Morgan fingerprint density at radius 2 is 1.94 bits per heavy atom. The first-order chi connectivity index (χ1) is 8.44. The summed E-state index contributed by atoms with van der Waals surface area (Å²) in [7, 11) is -3.28. The molecule has 0 aliphatic rings. The van der Waals surface area contributed by atoms with E-state index in [1.165, 1.54) is 6.07 Å². The van der Waals surface area contributed by atoms with E-state index in [1.54, 1.807) is 12.1 Å². The zero-order chi connectivity index (χ0) is 13.6. The van der Waals surface area contributed by atoms with Crippen LogP contribution in [0.25, 0.3) is 0 Å². The van der Waals surface area contributed by atoms with Gasteiger partial charge in [0.15, 0.2) is 9.84 Å². The van der Waals surface area contributed by atoms with E-state index in [1.807, 2.05) is 0 Å². The first-order valence-electron chi connectivity index (χ1n) is 5.27. The number of halogens is 2. The number of aliphatic hydroxyl groups is 1. The van der Waals surface area contributed by atoms with Gasteiger partial charge < -0.3 is 9.84 Å². The second-order valence-electron chi connectivity index (χ2n) is 3.66. The Kier molecular flexibility index (Phi) is 6.38. The molecule has 0 amide bonds. The first-order valence-corrected chi connectivity index (χ1v) is 7.85. The van der Waals surface area contributed by atoms with Crippen LogP contribution in [0.5, 0.6) is 0 Å². The largest absolute Gasteiger partial charge is 0.394 e. The molecule has 1 aromatic carbocycles. The van der Waals surface area contributed by atoms with Crippen LogP contribution in [-0.4, -0.2) is 39.1 Å². The molecular formula is C11H14Cl2O4S. The van der Waals surface area contributed by atoms with Crippen molar-refractivity contribution in [3.05, 3.63) is 33.8 Å². The highest BCUT2D eigenvalue weighted by Gasteiger charge is 2.14. The van der Waals surface area contributed by atoms with E-state index in [-0.39, 0.29) is 31.3 Å². The van der Waals surface area contributed by atoms with Gasteiger partial charge in [-0.2, -0.15) is 0 Å². The zero-order valence-electron chi connectivity index (χ0n) is 9.60. The summed E-state index contributed by atoms with van der Waals surface area (Å²) in [6.45, 7) is 0.0778. The van der Waals surface area contributed by atoms with E-state index in [0.717, 1.165) is 0 Å². The van der Waals surface area contributed by atoms with Crippen LogP contribution in [0.4, 0.5) is 0 Å². The van der Waals surface area contributed by atoms with Gasteiger partial charge >= 0.3 is 0 Å². The normalized spacial score (nSPS) is 11.7. The Morgan fingerprint density at radius 3 is 2.56 bits per heavy atom. The highest BCUT2D eigenvalue weighted by molar-refractivity contribution is 7.90. The summed E-state index contributed by atoms with van der Waals surface area (Å²) in [5.74, 6) is -0.253. The van der Waals surface area contributed by atoms with Crippen molar-refractivity contribution in [1.82, 2.24) is 0 Å². The first kappa shape index (κ1) is 15.7. The van der Waals surface area contributed by atoms with Crippen LogP contribution in [0.15, 0.2) is 18.2 Å². The fraction of sp³-hybridized carbons (Fsp3) is 0.455. The molecule has 0 heterocycles. The fourth-order valence-electron chi connectivity index (χ4n) is 1.30. The lowest BCUT2D eigenvalue weighted by Crippen LogP contribution is -2.15. The summed E-state index contributed by atoms with van der Waals surface area (Å²) in [6, 6.07) is 4.70. The van der Waals surface area contributed by atoms with Crippen molar-refractivity contribution >= 4 is 33.0 Å². The van der Waals surface area contributed by atoms with Gasteiger partial charge in [-0.25, -0.2) is 8.42 Å². The van der Waals surface area contributed by atoms with Gasteiger partial charge in [0, 0.05) is 10.0 Å². The SMILES string of the molecule is O=S(=O)(CCOCCO)Cc1ccc(Cl)cc1Cl. The van der Waals surface area contributed by atoms with Crippen LogP contribution < -0.4 is 0 Å². The molecule has 0 radical (unpaired) electrons. The maximum Gasteiger partial charge on any atom is 0.156 e. The molecule has 7 heteroatoms. The number of sulfone groups is 1. The number of aliphatic hydroxyl groups excluding tert-OH is 1. The van der Waals surface area contributed by atoms with Crippen molar-refractivity contribution in [2.24, 2.45) is 0 Å². The van der Waals surface area contributed by atoms with E-state index in [0.29, 0.717) is 15.6 Å². The van der Waals surface area contributed by atoms with Gasteiger partial charge in [0.1, 0.15) is 0 Å². The Balaban J connectivity index is 2.59. The smallest absolute Gasteiger partial charge is 0.156 e. The van der Waals surface area contributed by atoms with E-state index < -0.39 is 9.84 Å². The predicted molar refractivity (Wildman–Crippen MR) is 71.9 cm³/mol. The molecule has 0 aliphatic carbocycles. The van der Waals surface area contributed by atoms with Crippen molar-refractivity contribution in [2.45, 2.75) is 5.75 Å². The number of rotatable bonds is 7. The average Bonchev–Trinajstić information content (AvgIpc) is 2.28. The van der Waals surface area contributed by atoms with Crippen LogP contribution in [-0.2, 0) is 20.3 Å². The predicted octanol–water partition coefficient (Wildman–Crippen LogP) is 1.92. The van der Waals surface area contributed by atoms with Crippen molar-refractivity contribution < 1.29 is 18.3 Å². The van der Waals surface area contributed by atoms with Gasteiger partial charge in [0.25, 0.3) is 0 Å². The van der Waals surface area contributed by atoms with Gasteiger partial charge in [0.05, 0.1) is 31.3 Å². The molecule has 0 atom stereocenters. The van der Waals surface area contributed by atoms with Gasteiger partial charge in [0.2, 0.25) is 0 Å². The van der Waals surface area contributed by atoms with Crippen molar-refractivity contribution in [2.75, 3.05) is 25.6 Å². The summed E-state index contributed by atoms with van der Waals surface area (Å²) in [6.07, 6.45) is 0. The zero-order valence-corrected chi connectivity index (χ0v) is 11.9. The highest BCUT2D eigenvalue weighted by Crippen LogP contribution is 2.22. The standard InChI is InChI=1S/C11H14Cl2O4S/c12-10-2-1-9(11(13)7-10)8-18(15,16)6-5-17-4-3-14/h1-2,7,14H,3-6,8H2. The van der Waals surface area contributed by atoms with Crippen molar-refractivity contribution in [1.29, 1.82) is 0 Å². The maximum atomic E-state index is 11.8. The lowest BCUT2D eigenvalue weighted by molar-refractivity contribution is 0.103. The molecule has 0 fully saturated rings. The fourth-order valence-corrected chi connectivity index (χ4v) is 3.10. The molecule has 0 saturated heterocycles. The Labute approximate surface area is 116 Å². The second kappa shape index (κ2) is 7.31. The Hall–Kier alpha value is -0.330. The molecule has 0 spiro atoms. The van der Waals surface area contributed by atoms with Gasteiger partial charge in [-0.1, -0.05) is 29.3 Å². The highest BCUT2D eigenvalue weighted by atomic mass is 35.5. The second-order valence-corrected chi connectivity index (χ2v) is 6.69. The molecule has 0 saturated carbocycles.